The first kappa shape index (κ1) is 11.9. The molecule has 0 aliphatic rings. The number of H-pyrrole nitrogens is 1. The Morgan fingerprint density at radius 1 is 1.05 bits per heavy atom. The van der Waals surface area contributed by atoms with Crippen molar-refractivity contribution in [2.45, 2.75) is 26.2 Å². The number of fused-ring (bicyclic) bond motifs is 1. The van der Waals surface area contributed by atoms with Gasteiger partial charge in [0.1, 0.15) is 5.82 Å². The maximum Gasteiger partial charge on any atom is 0.138 e. The van der Waals surface area contributed by atoms with E-state index in [2.05, 4.69) is 41.8 Å². The van der Waals surface area contributed by atoms with Gasteiger partial charge in [-0.05, 0) is 24.3 Å². The first-order valence-corrected chi connectivity index (χ1v) is 6.46. The summed E-state index contributed by atoms with van der Waals surface area (Å²) in [4.78, 5) is 12.4. The van der Waals surface area contributed by atoms with Crippen LogP contribution in [0, 0.1) is 0 Å². The lowest BCUT2D eigenvalue weighted by atomic mass is 9.91. The lowest BCUT2D eigenvalue weighted by Crippen LogP contribution is -2.13. The van der Waals surface area contributed by atoms with E-state index in [1.807, 2.05) is 36.5 Å². The third-order valence-corrected chi connectivity index (χ3v) is 3.19. The molecule has 0 unspecified atom stereocenters. The quantitative estimate of drug-likeness (QED) is 0.712. The highest BCUT2D eigenvalue weighted by molar-refractivity contribution is 5.79. The summed E-state index contributed by atoms with van der Waals surface area (Å²) in [5.74, 6) is 0.897. The third-order valence-electron chi connectivity index (χ3n) is 3.19. The molecule has 3 heteroatoms. The van der Waals surface area contributed by atoms with Gasteiger partial charge in [-0.2, -0.15) is 0 Å². The molecular weight excluding hydrogens is 234 g/mol. The predicted molar refractivity (Wildman–Crippen MR) is 78.0 cm³/mol. The number of nitrogens with zero attached hydrogens (tertiary/aromatic N) is 2. The van der Waals surface area contributed by atoms with Crippen molar-refractivity contribution in [3.8, 4) is 11.4 Å². The molecule has 3 rings (SSSR count). The summed E-state index contributed by atoms with van der Waals surface area (Å²) in [5.41, 5.74) is 4.25. The number of para-hydroxylation sites is 2. The molecule has 2 aromatic heterocycles. The van der Waals surface area contributed by atoms with Crippen LogP contribution in [0.1, 0.15) is 26.5 Å². The van der Waals surface area contributed by atoms with E-state index < -0.39 is 0 Å². The van der Waals surface area contributed by atoms with Crippen LogP contribution >= 0.6 is 0 Å². The van der Waals surface area contributed by atoms with Gasteiger partial charge in [0.05, 0.1) is 11.0 Å². The van der Waals surface area contributed by atoms with Crippen molar-refractivity contribution >= 4 is 11.0 Å². The monoisotopic (exact) mass is 251 g/mol. The average molecular weight is 251 g/mol. The van der Waals surface area contributed by atoms with Crippen molar-refractivity contribution in [1.82, 2.24) is 15.0 Å². The van der Waals surface area contributed by atoms with Crippen molar-refractivity contribution in [3.63, 3.8) is 0 Å². The standard InChI is InChI=1S/C16H17N3/c1-16(2,3)14-10-11(8-9-17-14)15-18-12-6-4-5-7-13(12)19-15/h4-10H,1-3H3,(H,18,19). The lowest BCUT2D eigenvalue weighted by molar-refractivity contribution is 0.569. The number of benzene rings is 1. The smallest absolute Gasteiger partial charge is 0.138 e. The third kappa shape index (κ3) is 2.24. The Balaban J connectivity index is 2.11. The summed E-state index contributed by atoms with van der Waals surface area (Å²) in [6, 6.07) is 12.2. The van der Waals surface area contributed by atoms with Gasteiger partial charge < -0.3 is 4.98 Å². The van der Waals surface area contributed by atoms with Gasteiger partial charge in [-0.3, -0.25) is 4.98 Å². The minimum Gasteiger partial charge on any atom is -0.338 e. The molecule has 3 aromatic rings. The van der Waals surface area contributed by atoms with Crippen molar-refractivity contribution < 1.29 is 0 Å². The molecule has 0 fully saturated rings. The molecule has 1 N–H and O–H groups in total. The van der Waals surface area contributed by atoms with Gasteiger partial charge >= 0.3 is 0 Å². The summed E-state index contributed by atoms with van der Waals surface area (Å²) in [6.07, 6.45) is 1.85. The Kier molecular flexibility index (Phi) is 2.63. The fourth-order valence-electron chi connectivity index (χ4n) is 2.08. The average Bonchev–Trinajstić information content (AvgIpc) is 2.81. The van der Waals surface area contributed by atoms with Gasteiger partial charge in [0.2, 0.25) is 0 Å². The summed E-state index contributed by atoms with van der Waals surface area (Å²) >= 11 is 0. The Bertz CT molecular complexity index is 687. The maximum absolute atomic E-state index is 4.62. The van der Waals surface area contributed by atoms with Gasteiger partial charge in [-0.15, -0.1) is 0 Å². The molecule has 0 radical (unpaired) electrons. The number of hydrogen-bond acceptors (Lipinski definition) is 2. The summed E-state index contributed by atoms with van der Waals surface area (Å²) in [5, 5.41) is 0. The van der Waals surface area contributed by atoms with Crippen LogP contribution in [0.25, 0.3) is 22.4 Å². The molecule has 2 heterocycles. The van der Waals surface area contributed by atoms with E-state index in [1.165, 1.54) is 0 Å². The van der Waals surface area contributed by atoms with E-state index in [1.54, 1.807) is 0 Å². The Hall–Kier alpha value is -2.16. The van der Waals surface area contributed by atoms with Crippen LogP contribution in [0.3, 0.4) is 0 Å². The second-order valence-corrected chi connectivity index (χ2v) is 5.78. The highest BCUT2D eigenvalue weighted by Crippen LogP contribution is 2.25. The summed E-state index contributed by atoms with van der Waals surface area (Å²) in [7, 11) is 0. The molecule has 96 valence electrons. The zero-order valence-electron chi connectivity index (χ0n) is 11.4. The van der Waals surface area contributed by atoms with Crippen LogP contribution in [0.2, 0.25) is 0 Å². The minimum absolute atomic E-state index is 0.0437. The Morgan fingerprint density at radius 2 is 1.84 bits per heavy atom. The summed E-state index contributed by atoms with van der Waals surface area (Å²) in [6.45, 7) is 6.49. The number of rotatable bonds is 1. The normalized spacial score (nSPS) is 11.9. The van der Waals surface area contributed by atoms with Crippen molar-refractivity contribution in [1.29, 1.82) is 0 Å². The topological polar surface area (TPSA) is 41.6 Å². The van der Waals surface area contributed by atoms with E-state index in [0.29, 0.717) is 0 Å². The van der Waals surface area contributed by atoms with Crippen LogP contribution in [-0.4, -0.2) is 15.0 Å². The molecule has 3 nitrogen and oxygen atoms in total. The molecule has 0 atom stereocenters. The Morgan fingerprint density at radius 3 is 2.58 bits per heavy atom. The van der Waals surface area contributed by atoms with Crippen molar-refractivity contribution in [2.75, 3.05) is 0 Å². The van der Waals surface area contributed by atoms with Gasteiger partial charge in [0.25, 0.3) is 0 Å². The molecule has 19 heavy (non-hydrogen) atoms. The highest BCUT2D eigenvalue weighted by Gasteiger charge is 2.16. The van der Waals surface area contributed by atoms with Crippen LogP contribution in [-0.2, 0) is 5.41 Å². The van der Waals surface area contributed by atoms with Crippen LogP contribution in [0.4, 0.5) is 0 Å². The van der Waals surface area contributed by atoms with Gasteiger partial charge in [0, 0.05) is 22.9 Å². The van der Waals surface area contributed by atoms with Crippen LogP contribution in [0.15, 0.2) is 42.6 Å². The predicted octanol–water partition coefficient (Wildman–Crippen LogP) is 3.92. The van der Waals surface area contributed by atoms with Crippen LogP contribution in [0.5, 0.6) is 0 Å². The largest absolute Gasteiger partial charge is 0.338 e. The van der Waals surface area contributed by atoms with Gasteiger partial charge in [-0.1, -0.05) is 32.9 Å². The van der Waals surface area contributed by atoms with E-state index in [-0.39, 0.29) is 5.41 Å². The molecule has 0 saturated carbocycles. The number of imidazole rings is 1. The zero-order valence-corrected chi connectivity index (χ0v) is 11.4. The molecule has 0 spiro atoms. The summed E-state index contributed by atoms with van der Waals surface area (Å²) < 4.78 is 0. The van der Waals surface area contributed by atoms with E-state index in [0.717, 1.165) is 28.1 Å². The molecule has 1 aromatic carbocycles. The molecular formula is C16H17N3. The molecule has 0 bridgehead atoms. The molecule has 0 saturated heterocycles. The fraction of sp³-hybridized carbons (Fsp3) is 0.250. The number of aromatic amines is 1. The first-order chi connectivity index (χ1) is 9.04. The van der Waals surface area contributed by atoms with Crippen molar-refractivity contribution in [2.24, 2.45) is 0 Å². The fourth-order valence-corrected chi connectivity index (χ4v) is 2.08. The molecule has 0 amide bonds. The highest BCUT2D eigenvalue weighted by atomic mass is 14.9. The molecule has 0 aliphatic heterocycles. The Labute approximate surface area is 112 Å². The molecule has 0 aliphatic carbocycles. The van der Waals surface area contributed by atoms with Crippen molar-refractivity contribution in [3.05, 3.63) is 48.3 Å². The second-order valence-electron chi connectivity index (χ2n) is 5.78. The van der Waals surface area contributed by atoms with Gasteiger partial charge in [-0.25, -0.2) is 4.98 Å². The maximum atomic E-state index is 4.62. The minimum atomic E-state index is 0.0437. The van der Waals surface area contributed by atoms with Gasteiger partial charge in [0.15, 0.2) is 0 Å². The second kappa shape index (κ2) is 4.19. The zero-order chi connectivity index (χ0) is 13.5. The number of pyridine rings is 1. The number of aromatic nitrogens is 3. The van der Waals surface area contributed by atoms with E-state index in [9.17, 15) is 0 Å². The lowest BCUT2D eigenvalue weighted by Gasteiger charge is -2.17. The van der Waals surface area contributed by atoms with Crippen LogP contribution < -0.4 is 0 Å². The first-order valence-electron chi connectivity index (χ1n) is 6.46. The van der Waals surface area contributed by atoms with E-state index in [4.69, 9.17) is 0 Å². The SMILES string of the molecule is CC(C)(C)c1cc(-c2nc3ccccc3[nH]2)ccn1. The van der Waals surface area contributed by atoms with E-state index >= 15 is 0 Å². The number of nitrogens with one attached hydrogen (secondary N) is 1. The number of hydrogen-bond donors (Lipinski definition) is 1.